The molecule has 2 N–H and O–H groups in total. The fraction of sp³-hybridized carbons (Fsp3) is 0.596. The first kappa shape index (κ1) is 49.1. The van der Waals surface area contributed by atoms with E-state index in [-0.39, 0.29) is 67.7 Å². The molecule has 1 aromatic carbocycles. The molecule has 8 rings (SSSR count). The summed E-state index contributed by atoms with van der Waals surface area (Å²) in [4.78, 5) is 83.3. The van der Waals surface area contributed by atoms with Gasteiger partial charge in [-0.15, -0.1) is 11.3 Å². The Hall–Kier alpha value is -5.37. The molecule has 0 radical (unpaired) electrons. The van der Waals surface area contributed by atoms with Crippen molar-refractivity contribution in [3.05, 3.63) is 45.5 Å². The molecule has 0 unspecified atom stereocenters. The summed E-state index contributed by atoms with van der Waals surface area (Å²) in [5.74, 6) is 2.46. The number of carbonyl (C=O) groups is 5. The lowest BCUT2D eigenvalue weighted by Crippen LogP contribution is -2.58. The van der Waals surface area contributed by atoms with Gasteiger partial charge in [-0.3, -0.25) is 34.0 Å². The van der Waals surface area contributed by atoms with Crippen molar-refractivity contribution < 1.29 is 33.4 Å². The molecule has 16 heteroatoms. The molecule has 2 saturated heterocycles. The van der Waals surface area contributed by atoms with Crippen LogP contribution in [0, 0.1) is 40.9 Å². The highest BCUT2D eigenvalue weighted by Gasteiger charge is 2.44. The van der Waals surface area contributed by atoms with Crippen LogP contribution in [0.25, 0.3) is 27.7 Å². The quantitative estimate of drug-likeness (QED) is 0.195. The number of esters is 1. The van der Waals surface area contributed by atoms with Gasteiger partial charge in [0.1, 0.15) is 12.1 Å². The number of aromatic nitrogens is 2. The normalized spacial score (nSPS) is 24.3. The highest BCUT2D eigenvalue weighted by atomic mass is 32.1. The molecule has 6 heterocycles. The number of hydrogen-bond acceptors (Lipinski definition) is 11. The van der Waals surface area contributed by atoms with Crippen molar-refractivity contribution in [1.29, 1.82) is 0 Å². The van der Waals surface area contributed by atoms with E-state index in [0.29, 0.717) is 32.4 Å². The summed E-state index contributed by atoms with van der Waals surface area (Å²) in [6, 6.07) is 4.96. The van der Waals surface area contributed by atoms with E-state index in [2.05, 4.69) is 66.2 Å². The number of amides is 4. The molecule has 1 saturated carbocycles. The van der Waals surface area contributed by atoms with Crippen molar-refractivity contribution in [1.82, 2.24) is 35.1 Å². The molecule has 3 aromatic rings. The van der Waals surface area contributed by atoms with E-state index >= 15 is 0 Å². The van der Waals surface area contributed by atoms with E-state index in [9.17, 15) is 24.0 Å². The van der Waals surface area contributed by atoms with E-state index < -0.39 is 35.3 Å². The first-order valence-corrected chi connectivity index (χ1v) is 25.3. The summed E-state index contributed by atoms with van der Waals surface area (Å²) < 4.78 is 14.2. The molecule has 68 heavy (non-hydrogen) atoms. The minimum atomic E-state index is -0.745. The SMILES string of the molecule is CC#CC(=O)N1C[C@H](C)[C@H](C(=O)N(C)[C@H](C(=O)NC[C@H]2Cc3nc(cs3)-c3ccc4c(c3)c(c(C3=C([C@H](C)OC)N=CCC3)n4C)CC(C)(C)COC(=O)[C@@H]3CCCN(N3)C2=O)C2CCCC2)C1. The van der Waals surface area contributed by atoms with E-state index in [0.717, 1.165) is 88.2 Å². The van der Waals surface area contributed by atoms with E-state index in [1.54, 1.807) is 30.9 Å². The number of allylic oxidation sites excluding steroid dienone is 1. The summed E-state index contributed by atoms with van der Waals surface area (Å²) in [5, 5.41) is 8.51. The number of fused-ring (bicyclic) bond motifs is 6. The fourth-order valence-corrected chi connectivity index (χ4v) is 12.0. The number of methoxy groups -OCH3 is 1. The number of thiazole rings is 1. The van der Waals surface area contributed by atoms with Crippen LogP contribution in [0.4, 0.5) is 0 Å². The molecule has 15 nitrogen and oxygen atoms in total. The van der Waals surface area contributed by atoms with Crippen molar-refractivity contribution >= 4 is 63.6 Å². The third kappa shape index (κ3) is 10.2. The highest BCUT2D eigenvalue weighted by molar-refractivity contribution is 7.10. The van der Waals surface area contributed by atoms with Gasteiger partial charge in [0, 0.05) is 98.5 Å². The van der Waals surface area contributed by atoms with Crippen molar-refractivity contribution in [3.63, 3.8) is 0 Å². The molecule has 6 bridgehead atoms. The summed E-state index contributed by atoms with van der Waals surface area (Å²) >= 11 is 1.48. The van der Waals surface area contributed by atoms with Gasteiger partial charge in [0.15, 0.2) is 0 Å². The van der Waals surface area contributed by atoms with Crippen molar-refractivity contribution in [2.45, 2.75) is 117 Å². The zero-order valence-corrected chi connectivity index (χ0v) is 41.8. The number of nitrogens with zero attached hydrogens (tertiary/aromatic N) is 6. The van der Waals surface area contributed by atoms with Crippen LogP contribution < -0.4 is 10.7 Å². The lowest BCUT2D eigenvalue weighted by atomic mass is 9.83. The smallest absolute Gasteiger partial charge is 0.324 e. The maximum Gasteiger partial charge on any atom is 0.324 e. The Morgan fingerprint density at radius 1 is 1.13 bits per heavy atom. The van der Waals surface area contributed by atoms with Gasteiger partial charge < -0.3 is 29.2 Å². The Balaban J connectivity index is 1.11. The zero-order chi connectivity index (χ0) is 48.4. The Bertz CT molecular complexity index is 2560. The summed E-state index contributed by atoms with van der Waals surface area (Å²) in [7, 11) is 5.51. The lowest BCUT2D eigenvalue weighted by molar-refractivity contribution is -0.155. The second-order valence-corrected chi connectivity index (χ2v) is 21.3. The topological polar surface area (TPSA) is 168 Å². The van der Waals surface area contributed by atoms with Crippen LogP contribution in [0.3, 0.4) is 0 Å². The van der Waals surface area contributed by atoms with Crippen molar-refractivity contribution in [3.8, 4) is 23.1 Å². The maximum atomic E-state index is 14.7. The summed E-state index contributed by atoms with van der Waals surface area (Å²) in [6.07, 6.45) is 8.91. The van der Waals surface area contributed by atoms with Crippen LogP contribution >= 0.6 is 11.3 Å². The number of rotatable bonds is 9. The predicted octanol–water partition coefficient (Wildman–Crippen LogP) is 5.94. The van der Waals surface area contributed by atoms with Crippen molar-refractivity contribution in [2.75, 3.05) is 46.9 Å². The third-order valence-electron chi connectivity index (χ3n) is 14.9. The van der Waals surface area contributed by atoms with Gasteiger partial charge in [-0.25, -0.2) is 10.4 Å². The number of benzene rings is 1. The number of hydrazine groups is 1. The summed E-state index contributed by atoms with van der Waals surface area (Å²) in [6.45, 7) is 11.1. The van der Waals surface area contributed by atoms with Crippen LogP contribution in [-0.4, -0.2) is 125 Å². The van der Waals surface area contributed by atoms with Gasteiger partial charge in [0.2, 0.25) is 17.7 Å². The number of aliphatic imine (C=N–C) groups is 1. The number of ether oxygens (including phenoxy) is 2. The van der Waals surface area contributed by atoms with Gasteiger partial charge in [-0.2, -0.15) is 0 Å². The number of nitrogens with one attached hydrogen (secondary N) is 2. The maximum absolute atomic E-state index is 14.7. The van der Waals surface area contributed by atoms with Crippen LogP contribution in [0.5, 0.6) is 0 Å². The molecular formula is C52H68N8O7S. The van der Waals surface area contributed by atoms with Crippen LogP contribution in [0.2, 0.25) is 0 Å². The summed E-state index contributed by atoms with van der Waals surface area (Å²) in [5.41, 5.74) is 9.86. The number of hydrogen-bond donors (Lipinski definition) is 2. The Labute approximate surface area is 404 Å². The van der Waals surface area contributed by atoms with Crippen molar-refractivity contribution in [2.24, 2.45) is 41.1 Å². The second-order valence-electron chi connectivity index (χ2n) is 20.4. The number of likely N-dealkylation sites (tertiary alicyclic amines) is 1. The molecule has 6 atom stereocenters. The molecule has 3 fully saturated rings. The minimum absolute atomic E-state index is 0.00277. The Morgan fingerprint density at radius 2 is 1.91 bits per heavy atom. The fourth-order valence-electron chi connectivity index (χ4n) is 11.1. The highest BCUT2D eigenvalue weighted by Crippen LogP contribution is 2.42. The van der Waals surface area contributed by atoms with Crippen LogP contribution in [0.15, 0.2) is 34.3 Å². The van der Waals surface area contributed by atoms with Crippen LogP contribution in [-0.2, 0) is 53.3 Å². The molecular weight excluding hydrogens is 881 g/mol. The molecule has 2 aromatic heterocycles. The zero-order valence-electron chi connectivity index (χ0n) is 41.0. The average Bonchev–Trinajstić information content (AvgIpc) is 4.16. The van der Waals surface area contributed by atoms with Gasteiger partial charge in [0.05, 0.1) is 40.9 Å². The van der Waals surface area contributed by atoms with Gasteiger partial charge in [0.25, 0.3) is 5.91 Å². The number of aryl methyl sites for hydroxylation is 1. The second kappa shape index (κ2) is 20.7. The average molecular weight is 949 g/mol. The van der Waals surface area contributed by atoms with Gasteiger partial charge >= 0.3 is 5.97 Å². The molecule has 1 aliphatic carbocycles. The van der Waals surface area contributed by atoms with E-state index in [1.165, 1.54) is 16.3 Å². The van der Waals surface area contributed by atoms with Gasteiger partial charge in [-0.05, 0) is 94.2 Å². The monoisotopic (exact) mass is 948 g/mol. The molecule has 4 amide bonds. The van der Waals surface area contributed by atoms with Gasteiger partial charge in [-0.1, -0.05) is 45.6 Å². The Morgan fingerprint density at radius 3 is 2.66 bits per heavy atom. The first-order valence-electron chi connectivity index (χ1n) is 24.4. The molecule has 4 aliphatic heterocycles. The van der Waals surface area contributed by atoms with Crippen LogP contribution in [0.1, 0.15) is 102 Å². The molecule has 5 aliphatic rings. The lowest BCUT2D eigenvalue weighted by Gasteiger charge is -2.36. The number of cyclic esters (lactones) is 1. The first-order chi connectivity index (χ1) is 32.6. The standard InChI is InChI=1S/C52H68N8O7S/c1-9-14-44(61)59-27-31(2)39(28-59)50(64)58(7)46(33-15-10-11-16-33)48(62)54-26-35-24-43-55-41(29-68-43)34-19-20-42-37(23-34)38(47(57(42)6)36-17-12-21-53-45(36)32(3)66-8)25-52(4,5)30-67-51(65)40-18-13-22-60(56-40)49(35)63/h19-21,23,29,31-33,35,39-40,46,56H,10-13,15-18,22,24-28,30H2,1-8H3,(H,54,62)/t31-,32-,35+,39+,40-,46-/m0/s1. The minimum Gasteiger partial charge on any atom is -0.464 e. The van der Waals surface area contributed by atoms with E-state index in [4.69, 9.17) is 19.5 Å². The Kier molecular flexibility index (Phi) is 14.9. The molecule has 364 valence electrons. The third-order valence-corrected chi connectivity index (χ3v) is 15.7. The largest absolute Gasteiger partial charge is 0.464 e. The number of likely N-dealkylation sites (N-methyl/N-ethyl adjacent to an activating group) is 1. The predicted molar refractivity (Wildman–Crippen MR) is 263 cm³/mol. The number of carbonyl (C=O) groups excluding carboxylic acids is 5. The van der Waals surface area contributed by atoms with E-state index in [1.807, 2.05) is 25.4 Å². The molecule has 0 spiro atoms.